The maximum atomic E-state index is 14.5. The van der Waals surface area contributed by atoms with Crippen molar-refractivity contribution < 1.29 is 18.0 Å². The Kier molecular flexibility index (Phi) is 5.77. The number of nitrogens with one attached hydrogen (secondary N) is 1. The van der Waals surface area contributed by atoms with E-state index in [1.165, 1.54) is 23.1 Å². The van der Waals surface area contributed by atoms with Crippen molar-refractivity contribution in [3.63, 3.8) is 0 Å². The summed E-state index contributed by atoms with van der Waals surface area (Å²) in [6.07, 6.45) is -2.92. The van der Waals surface area contributed by atoms with Gasteiger partial charge in [-0.2, -0.15) is 0 Å². The van der Waals surface area contributed by atoms with Crippen LogP contribution in [0.15, 0.2) is 24.3 Å². The predicted octanol–water partition coefficient (Wildman–Crippen LogP) is 3.87. The number of aryl methyl sites for hydroxylation is 1. The molecule has 1 amide bonds. The van der Waals surface area contributed by atoms with Gasteiger partial charge >= 0.3 is 0 Å². The molecule has 7 nitrogen and oxygen atoms in total. The fraction of sp³-hybridized carbons (Fsp3) is 0.300. The van der Waals surface area contributed by atoms with E-state index in [-0.39, 0.29) is 34.3 Å². The third kappa shape index (κ3) is 3.98. The molecule has 0 fully saturated rings. The number of nitrogens with two attached hydrogens (primary N) is 1. The van der Waals surface area contributed by atoms with Crippen molar-refractivity contribution >= 4 is 28.6 Å². The van der Waals surface area contributed by atoms with Gasteiger partial charge < -0.3 is 16.0 Å². The third-order valence-electron chi connectivity index (χ3n) is 4.58. The van der Waals surface area contributed by atoms with Crippen molar-refractivity contribution in [2.45, 2.75) is 26.3 Å². The highest BCUT2D eigenvalue weighted by Gasteiger charge is 2.22. The Labute approximate surface area is 171 Å². The lowest BCUT2D eigenvalue weighted by molar-refractivity contribution is 0.0828. The normalized spacial score (nSPS) is 12.3. The lowest BCUT2D eigenvalue weighted by atomic mass is 10.0. The number of carbonyl (C=O) groups excluding carboxylic acids is 1. The highest BCUT2D eigenvalue weighted by molar-refractivity contribution is 6.02. The summed E-state index contributed by atoms with van der Waals surface area (Å²) in [5.41, 5.74) is 5.74. The summed E-state index contributed by atoms with van der Waals surface area (Å²) in [6.45, 7) is 3.26. The van der Waals surface area contributed by atoms with Crippen molar-refractivity contribution in [2.24, 2.45) is 0 Å². The van der Waals surface area contributed by atoms with Gasteiger partial charge in [0.1, 0.15) is 23.3 Å². The van der Waals surface area contributed by atoms with Crippen LogP contribution in [0.5, 0.6) is 0 Å². The second-order valence-corrected chi connectivity index (χ2v) is 7.03. The van der Waals surface area contributed by atoms with E-state index >= 15 is 0 Å². The number of benzene rings is 1. The first kappa shape index (κ1) is 21.3. The number of hydrogen-bond acceptors (Lipinski definition) is 6. The van der Waals surface area contributed by atoms with Gasteiger partial charge in [-0.15, -0.1) is 0 Å². The molecule has 10 heteroatoms. The minimum Gasteiger partial charge on any atom is -0.383 e. The van der Waals surface area contributed by atoms with Crippen LogP contribution in [0.4, 0.5) is 24.8 Å². The molecule has 0 aliphatic rings. The first-order chi connectivity index (χ1) is 14.1. The van der Waals surface area contributed by atoms with Gasteiger partial charge in [0.2, 0.25) is 0 Å². The fourth-order valence-electron chi connectivity index (χ4n) is 3.05. The lowest BCUT2D eigenvalue weighted by Gasteiger charge is -2.19. The van der Waals surface area contributed by atoms with Crippen LogP contribution >= 0.6 is 0 Å². The van der Waals surface area contributed by atoms with Gasteiger partial charge in [-0.25, -0.2) is 28.1 Å². The van der Waals surface area contributed by atoms with Gasteiger partial charge in [0.15, 0.2) is 5.65 Å². The molecule has 0 radical (unpaired) electrons. The van der Waals surface area contributed by atoms with Crippen molar-refractivity contribution in [1.29, 1.82) is 0 Å². The standard InChI is InChI=1S/C20H21F3N6O/c1-9(11-6-5-7-12(15(11)21)16(22)23)25-18-14-8-13(20(30)29(3)4)17(24)28-19(14)27-10(2)26-18/h5-9,16H,1-4H3,(H3,24,25,26,27,28)/t9-/m1/s1. The number of anilines is 2. The van der Waals surface area contributed by atoms with E-state index in [9.17, 15) is 18.0 Å². The molecule has 1 aromatic carbocycles. The minimum atomic E-state index is -2.92. The first-order valence-electron chi connectivity index (χ1n) is 9.09. The van der Waals surface area contributed by atoms with E-state index in [4.69, 9.17) is 5.73 Å². The number of carbonyl (C=O) groups is 1. The summed E-state index contributed by atoms with van der Waals surface area (Å²) in [5.74, 6) is -0.649. The van der Waals surface area contributed by atoms with E-state index in [0.717, 1.165) is 6.07 Å². The van der Waals surface area contributed by atoms with E-state index < -0.39 is 23.8 Å². The number of aromatic nitrogens is 3. The molecule has 0 unspecified atom stereocenters. The summed E-state index contributed by atoms with van der Waals surface area (Å²) in [7, 11) is 3.16. The average molecular weight is 418 g/mol. The Bertz CT molecular complexity index is 1120. The molecule has 2 heterocycles. The predicted molar refractivity (Wildman–Crippen MR) is 108 cm³/mol. The summed E-state index contributed by atoms with van der Waals surface area (Å²) < 4.78 is 40.6. The molecule has 0 bridgehead atoms. The number of fused-ring (bicyclic) bond motifs is 1. The van der Waals surface area contributed by atoms with Crippen LogP contribution in [0.3, 0.4) is 0 Å². The van der Waals surface area contributed by atoms with Gasteiger partial charge in [0.05, 0.1) is 22.6 Å². The first-order valence-corrected chi connectivity index (χ1v) is 9.09. The van der Waals surface area contributed by atoms with Crippen LogP contribution in [0.25, 0.3) is 11.0 Å². The van der Waals surface area contributed by atoms with Crippen LogP contribution in [-0.2, 0) is 0 Å². The molecule has 0 saturated heterocycles. The highest BCUT2D eigenvalue weighted by atomic mass is 19.3. The summed E-state index contributed by atoms with van der Waals surface area (Å²) in [6, 6.07) is 4.66. The monoisotopic (exact) mass is 418 g/mol. The van der Waals surface area contributed by atoms with Crippen LogP contribution < -0.4 is 11.1 Å². The smallest absolute Gasteiger partial charge is 0.266 e. The maximum Gasteiger partial charge on any atom is 0.266 e. The lowest BCUT2D eigenvalue weighted by Crippen LogP contribution is -2.23. The molecule has 1 atom stereocenters. The van der Waals surface area contributed by atoms with Gasteiger partial charge in [-0.05, 0) is 19.9 Å². The van der Waals surface area contributed by atoms with Crippen molar-refractivity contribution in [3.05, 3.63) is 52.6 Å². The van der Waals surface area contributed by atoms with Crippen molar-refractivity contribution in [3.8, 4) is 0 Å². The van der Waals surface area contributed by atoms with Crippen LogP contribution in [0, 0.1) is 12.7 Å². The van der Waals surface area contributed by atoms with Crippen LogP contribution in [0.1, 0.15) is 46.7 Å². The number of pyridine rings is 1. The quantitative estimate of drug-likeness (QED) is 0.653. The molecule has 3 rings (SSSR count). The fourth-order valence-corrected chi connectivity index (χ4v) is 3.05. The number of nitrogens with zero attached hydrogens (tertiary/aromatic N) is 4. The SMILES string of the molecule is Cc1nc(N[C@H](C)c2cccc(C(F)F)c2F)c2cc(C(=O)N(C)C)c(N)nc2n1. The minimum absolute atomic E-state index is 0.0222. The van der Waals surface area contributed by atoms with E-state index in [2.05, 4.69) is 20.3 Å². The second kappa shape index (κ2) is 8.13. The molecule has 2 aromatic heterocycles. The van der Waals surface area contributed by atoms with E-state index in [1.54, 1.807) is 27.9 Å². The number of amides is 1. The third-order valence-corrected chi connectivity index (χ3v) is 4.58. The molecular formula is C20H21F3N6O. The summed E-state index contributed by atoms with van der Waals surface area (Å²) in [4.78, 5) is 26.5. The number of rotatable bonds is 5. The Hall–Kier alpha value is -3.43. The number of nitrogen functional groups attached to an aromatic ring is 1. The topological polar surface area (TPSA) is 97.0 Å². The van der Waals surface area contributed by atoms with Gasteiger partial charge in [-0.1, -0.05) is 18.2 Å². The van der Waals surface area contributed by atoms with Crippen molar-refractivity contribution in [2.75, 3.05) is 25.1 Å². The van der Waals surface area contributed by atoms with Crippen LogP contribution in [0.2, 0.25) is 0 Å². The Morgan fingerprint density at radius 3 is 2.47 bits per heavy atom. The largest absolute Gasteiger partial charge is 0.383 e. The average Bonchev–Trinajstić information content (AvgIpc) is 2.66. The molecule has 0 aliphatic heterocycles. The maximum absolute atomic E-state index is 14.5. The zero-order valence-electron chi connectivity index (χ0n) is 16.9. The Balaban J connectivity index is 2.08. The molecule has 30 heavy (non-hydrogen) atoms. The second-order valence-electron chi connectivity index (χ2n) is 7.03. The number of halogens is 3. The summed E-state index contributed by atoms with van der Waals surface area (Å²) in [5, 5.41) is 3.42. The molecule has 0 aliphatic carbocycles. The van der Waals surface area contributed by atoms with E-state index in [1.807, 2.05) is 0 Å². The summed E-state index contributed by atoms with van der Waals surface area (Å²) >= 11 is 0. The number of hydrogen-bond donors (Lipinski definition) is 2. The zero-order chi connectivity index (χ0) is 22.2. The molecule has 0 spiro atoms. The van der Waals surface area contributed by atoms with Crippen molar-refractivity contribution in [1.82, 2.24) is 19.9 Å². The molecule has 158 valence electrons. The Morgan fingerprint density at radius 1 is 1.17 bits per heavy atom. The molecule has 0 saturated carbocycles. The molecule has 3 aromatic rings. The van der Waals surface area contributed by atoms with Gasteiger partial charge in [0, 0.05) is 19.7 Å². The molecule has 3 N–H and O–H groups in total. The van der Waals surface area contributed by atoms with E-state index in [0.29, 0.717) is 11.2 Å². The highest BCUT2D eigenvalue weighted by Crippen LogP contribution is 2.31. The number of alkyl halides is 2. The van der Waals surface area contributed by atoms with Gasteiger partial charge in [0.25, 0.3) is 12.3 Å². The van der Waals surface area contributed by atoms with Gasteiger partial charge in [-0.3, -0.25) is 4.79 Å². The Morgan fingerprint density at radius 2 is 1.83 bits per heavy atom. The molecular weight excluding hydrogens is 397 g/mol. The van der Waals surface area contributed by atoms with Crippen LogP contribution in [-0.4, -0.2) is 39.9 Å². The zero-order valence-corrected chi connectivity index (χ0v) is 16.9.